The van der Waals surface area contributed by atoms with E-state index in [2.05, 4.69) is 9.84 Å². The lowest BCUT2D eigenvalue weighted by molar-refractivity contribution is -0.0587. The van der Waals surface area contributed by atoms with Crippen molar-refractivity contribution < 1.29 is 17.9 Å². The molecule has 0 aliphatic heterocycles. The molecule has 13 heavy (non-hydrogen) atoms. The summed E-state index contributed by atoms with van der Waals surface area (Å²) in [5, 5.41) is 3.55. The second-order valence-electron chi connectivity index (χ2n) is 2.71. The van der Waals surface area contributed by atoms with E-state index < -0.39 is 18.3 Å². The Balaban J connectivity index is 2.94. The third kappa shape index (κ3) is 2.13. The molecule has 0 radical (unpaired) electrons. The molecule has 1 rings (SSSR count). The SMILES string of the molecule is CC(C)n1ncc(F)c1OC(F)F. The minimum absolute atomic E-state index is 0.224. The van der Waals surface area contributed by atoms with Crippen LogP contribution in [0.1, 0.15) is 19.9 Å². The van der Waals surface area contributed by atoms with Crippen LogP contribution in [-0.2, 0) is 0 Å². The van der Waals surface area contributed by atoms with Gasteiger partial charge in [0, 0.05) is 0 Å². The molecule has 6 heteroatoms. The second kappa shape index (κ2) is 3.68. The lowest BCUT2D eigenvalue weighted by atomic mass is 10.4. The molecule has 0 fully saturated rings. The number of nitrogens with zero attached hydrogens (tertiary/aromatic N) is 2. The van der Waals surface area contributed by atoms with Crippen molar-refractivity contribution in [2.45, 2.75) is 26.5 Å². The summed E-state index contributed by atoms with van der Waals surface area (Å²) in [5.41, 5.74) is 0. The first-order chi connectivity index (χ1) is 6.02. The predicted octanol–water partition coefficient (Wildman–Crippen LogP) is 2.20. The van der Waals surface area contributed by atoms with Gasteiger partial charge < -0.3 is 4.74 Å². The molecule has 74 valence electrons. The molecule has 1 aromatic rings. The smallest absolute Gasteiger partial charge is 0.388 e. The Labute approximate surface area is 73.1 Å². The van der Waals surface area contributed by atoms with Gasteiger partial charge in [-0.15, -0.1) is 0 Å². The molecule has 0 bridgehead atoms. The summed E-state index contributed by atoms with van der Waals surface area (Å²) >= 11 is 0. The van der Waals surface area contributed by atoms with Gasteiger partial charge in [-0.1, -0.05) is 0 Å². The zero-order valence-corrected chi connectivity index (χ0v) is 7.17. The third-order valence-corrected chi connectivity index (χ3v) is 1.40. The number of hydrogen-bond acceptors (Lipinski definition) is 2. The van der Waals surface area contributed by atoms with Gasteiger partial charge in [0.2, 0.25) is 5.82 Å². The second-order valence-corrected chi connectivity index (χ2v) is 2.71. The van der Waals surface area contributed by atoms with Crippen LogP contribution in [-0.4, -0.2) is 16.4 Å². The van der Waals surface area contributed by atoms with Gasteiger partial charge in [0.1, 0.15) is 0 Å². The van der Waals surface area contributed by atoms with Gasteiger partial charge in [-0.2, -0.15) is 18.3 Å². The van der Waals surface area contributed by atoms with E-state index >= 15 is 0 Å². The minimum atomic E-state index is -3.04. The molecule has 0 aliphatic carbocycles. The van der Waals surface area contributed by atoms with Crippen molar-refractivity contribution in [1.82, 2.24) is 9.78 Å². The van der Waals surface area contributed by atoms with Gasteiger partial charge >= 0.3 is 6.61 Å². The average molecular weight is 194 g/mol. The van der Waals surface area contributed by atoms with Gasteiger partial charge in [0.25, 0.3) is 5.88 Å². The molecule has 0 aromatic carbocycles. The summed E-state index contributed by atoms with van der Waals surface area (Å²) in [6, 6.07) is -0.224. The number of rotatable bonds is 3. The maximum Gasteiger partial charge on any atom is 0.388 e. The van der Waals surface area contributed by atoms with Crippen molar-refractivity contribution in [3.8, 4) is 5.88 Å². The molecule has 0 N–H and O–H groups in total. The molecule has 1 heterocycles. The Morgan fingerprint density at radius 3 is 2.54 bits per heavy atom. The van der Waals surface area contributed by atoms with Crippen LogP contribution in [0.25, 0.3) is 0 Å². The van der Waals surface area contributed by atoms with Crippen LogP contribution in [0, 0.1) is 5.82 Å². The zero-order chi connectivity index (χ0) is 10.0. The fourth-order valence-electron chi connectivity index (χ4n) is 0.892. The van der Waals surface area contributed by atoms with Crippen molar-refractivity contribution in [1.29, 1.82) is 0 Å². The number of ether oxygens (including phenoxy) is 1. The molecule has 0 amide bonds. The van der Waals surface area contributed by atoms with Crippen molar-refractivity contribution in [3.63, 3.8) is 0 Å². The number of halogens is 3. The highest BCUT2D eigenvalue weighted by Crippen LogP contribution is 2.22. The van der Waals surface area contributed by atoms with Crippen molar-refractivity contribution in [2.24, 2.45) is 0 Å². The van der Waals surface area contributed by atoms with Crippen LogP contribution < -0.4 is 4.74 Å². The number of aromatic nitrogens is 2. The van der Waals surface area contributed by atoms with Crippen LogP contribution in [0.2, 0.25) is 0 Å². The van der Waals surface area contributed by atoms with Crippen LogP contribution in [0.5, 0.6) is 5.88 Å². The Bertz CT molecular complexity index is 285. The first-order valence-electron chi connectivity index (χ1n) is 3.70. The van der Waals surface area contributed by atoms with E-state index in [-0.39, 0.29) is 6.04 Å². The molecule has 0 atom stereocenters. The van der Waals surface area contributed by atoms with Crippen LogP contribution in [0.3, 0.4) is 0 Å². The van der Waals surface area contributed by atoms with E-state index in [0.717, 1.165) is 10.9 Å². The lowest BCUT2D eigenvalue weighted by Gasteiger charge is -2.10. The summed E-state index contributed by atoms with van der Waals surface area (Å²) in [4.78, 5) is 0. The number of alkyl halides is 2. The van der Waals surface area contributed by atoms with Crippen molar-refractivity contribution in [3.05, 3.63) is 12.0 Å². The fraction of sp³-hybridized carbons (Fsp3) is 0.571. The van der Waals surface area contributed by atoms with Gasteiger partial charge in [-0.3, -0.25) is 0 Å². The molecule has 3 nitrogen and oxygen atoms in total. The lowest BCUT2D eigenvalue weighted by Crippen LogP contribution is -2.11. The van der Waals surface area contributed by atoms with Crippen LogP contribution >= 0.6 is 0 Å². The van der Waals surface area contributed by atoms with Crippen LogP contribution in [0.15, 0.2) is 6.20 Å². The first-order valence-corrected chi connectivity index (χ1v) is 3.70. The highest BCUT2D eigenvalue weighted by molar-refractivity contribution is 5.12. The normalized spacial score (nSPS) is 11.3. The highest BCUT2D eigenvalue weighted by Gasteiger charge is 2.17. The van der Waals surface area contributed by atoms with Crippen LogP contribution in [0.4, 0.5) is 13.2 Å². The summed E-state index contributed by atoms with van der Waals surface area (Å²) in [5.74, 6) is -1.40. The summed E-state index contributed by atoms with van der Waals surface area (Å²) < 4.78 is 41.4. The number of hydrogen-bond donors (Lipinski definition) is 0. The maximum atomic E-state index is 12.8. The van der Waals surface area contributed by atoms with Gasteiger partial charge in [-0.25, -0.2) is 4.68 Å². The standard InChI is InChI=1S/C7H9F3N2O/c1-4(2)12-6(13-7(9)10)5(8)3-11-12/h3-4,7H,1-2H3. The topological polar surface area (TPSA) is 27.1 Å². The minimum Gasteiger partial charge on any atom is -0.414 e. The molecule has 0 spiro atoms. The molecule has 1 aromatic heterocycles. The molecular formula is C7H9F3N2O. The largest absolute Gasteiger partial charge is 0.414 e. The summed E-state index contributed by atoms with van der Waals surface area (Å²) in [6.07, 6.45) is 0.845. The van der Waals surface area contributed by atoms with Gasteiger partial charge in [0.15, 0.2) is 0 Å². The van der Waals surface area contributed by atoms with E-state index in [1.807, 2.05) is 0 Å². The average Bonchev–Trinajstić information content (AvgIpc) is 2.32. The fourth-order valence-corrected chi connectivity index (χ4v) is 0.892. The van der Waals surface area contributed by atoms with E-state index in [1.165, 1.54) is 0 Å². The zero-order valence-electron chi connectivity index (χ0n) is 7.17. The van der Waals surface area contributed by atoms with Crippen molar-refractivity contribution in [2.75, 3.05) is 0 Å². The molecule has 0 saturated carbocycles. The quantitative estimate of drug-likeness (QED) is 0.737. The Kier molecular flexibility index (Phi) is 2.79. The molecule has 0 saturated heterocycles. The van der Waals surface area contributed by atoms with E-state index in [4.69, 9.17) is 0 Å². The molecule has 0 unspecified atom stereocenters. The predicted molar refractivity (Wildman–Crippen MR) is 39.2 cm³/mol. The first kappa shape index (κ1) is 9.88. The Morgan fingerprint density at radius 1 is 1.46 bits per heavy atom. The van der Waals surface area contributed by atoms with E-state index in [0.29, 0.717) is 0 Å². The van der Waals surface area contributed by atoms with Crippen molar-refractivity contribution >= 4 is 0 Å². The van der Waals surface area contributed by atoms with E-state index in [9.17, 15) is 13.2 Å². The van der Waals surface area contributed by atoms with E-state index in [1.54, 1.807) is 13.8 Å². The Morgan fingerprint density at radius 2 is 2.08 bits per heavy atom. The van der Waals surface area contributed by atoms with Gasteiger partial charge in [-0.05, 0) is 13.8 Å². The third-order valence-electron chi connectivity index (χ3n) is 1.40. The highest BCUT2D eigenvalue weighted by atomic mass is 19.3. The Hall–Kier alpha value is -1.20. The maximum absolute atomic E-state index is 12.8. The summed E-state index contributed by atoms with van der Waals surface area (Å²) in [7, 11) is 0. The molecule has 0 aliphatic rings. The molecular weight excluding hydrogens is 185 g/mol. The monoisotopic (exact) mass is 194 g/mol. The van der Waals surface area contributed by atoms with Gasteiger partial charge in [0.05, 0.1) is 12.2 Å². The summed E-state index contributed by atoms with van der Waals surface area (Å²) in [6.45, 7) is 0.332.